The molecule has 6 heteroatoms. The molecule has 2 aromatic carbocycles. The van der Waals surface area contributed by atoms with Gasteiger partial charge in [0.05, 0.1) is 30.7 Å². The van der Waals surface area contributed by atoms with Crippen LogP contribution in [0.25, 0.3) is 22.2 Å². The second-order valence-electron chi connectivity index (χ2n) is 7.60. The van der Waals surface area contributed by atoms with Crippen molar-refractivity contribution in [3.05, 3.63) is 83.7 Å². The Morgan fingerprint density at radius 1 is 1.12 bits per heavy atom. The van der Waals surface area contributed by atoms with Crippen LogP contribution in [-0.2, 0) is 22.6 Å². The highest BCUT2D eigenvalue weighted by atomic mass is 16.5. The summed E-state index contributed by atoms with van der Waals surface area (Å²) < 4.78 is 16.9. The molecule has 0 fully saturated rings. The van der Waals surface area contributed by atoms with Crippen molar-refractivity contribution in [1.29, 1.82) is 0 Å². The third-order valence-corrected chi connectivity index (χ3v) is 5.13. The molecule has 2 N–H and O–H groups in total. The van der Waals surface area contributed by atoms with E-state index in [0.717, 1.165) is 39.0 Å². The van der Waals surface area contributed by atoms with E-state index in [-0.39, 0.29) is 18.4 Å². The van der Waals surface area contributed by atoms with Gasteiger partial charge in [0.1, 0.15) is 17.9 Å². The molecule has 0 radical (unpaired) electrons. The third kappa shape index (κ3) is 4.81. The van der Waals surface area contributed by atoms with Gasteiger partial charge in [-0.2, -0.15) is 0 Å². The lowest BCUT2D eigenvalue weighted by Gasteiger charge is -2.13. The number of nitrogens with zero attached hydrogens (tertiary/aromatic N) is 1. The van der Waals surface area contributed by atoms with Crippen molar-refractivity contribution >= 4 is 16.9 Å². The highest BCUT2D eigenvalue weighted by molar-refractivity contribution is 5.92. The Morgan fingerprint density at radius 2 is 1.97 bits per heavy atom. The van der Waals surface area contributed by atoms with Crippen molar-refractivity contribution in [2.24, 2.45) is 5.73 Å². The van der Waals surface area contributed by atoms with Crippen LogP contribution in [0.2, 0.25) is 0 Å². The maximum absolute atomic E-state index is 11.9. The second-order valence-corrected chi connectivity index (χ2v) is 7.60. The molecule has 1 unspecified atom stereocenters. The van der Waals surface area contributed by atoms with Crippen LogP contribution in [-0.4, -0.2) is 17.6 Å². The lowest BCUT2D eigenvalue weighted by molar-refractivity contribution is -0.142. The maximum Gasteiger partial charge on any atom is 0.310 e. The summed E-state index contributed by atoms with van der Waals surface area (Å²) in [6, 6.07) is 19.1. The molecular formula is C26H26N2O4. The van der Waals surface area contributed by atoms with Crippen LogP contribution >= 0.6 is 0 Å². The van der Waals surface area contributed by atoms with E-state index in [4.69, 9.17) is 24.6 Å². The van der Waals surface area contributed by atoms with E-state index in [2.05, 4.69) is 0 Å². The number of furan rings is 1. The van der Waals surface area contributed by atoms with E-state index in [1.165, 1.54) is 0 Å². The van der Waals surface area contributed by atoms with Gasteiger partial charge in [-0.1, -0.05) is 24.3 Å². The lowest BCUT2D eigenvalue weighted by Crippen LogP contribution is -2.09. The summed E-state index contributed by atoms with van der Waals surface area (Å²) in [4.78, 5) is 16.6. The highest BCUT2D eigenvalue weighted by Crippen LogP contribution is 2.31. The molecule has 6 nitrogen and oxygen atoms in total. The third-order valence-electron chi connectivity index (χ3n) is 5.13. The van der Waals surface area contributed by atoms with Gasteiger partial charge in [-0.05, 0) is 55.8 Å². The Kier molecular flexibility index (Phi) is 6.52. The predicted octanol–water partition coefficient (Wildman–Crippen LogP) is 5.20. The number of benzene rings is 2. The van der Waals surface area contributed by atoms with Gasteiger partial charge in [0.2, 0.25) is 0 Å². The molecular weight excluding hydrogens is 404 g/mol. The van der Waals surface area contributed by atoms with Crippen molar-refractivity contribution in [2.45, 2.75) is 32.9 Å². The first-order chi connectivity index (χ1) is 15.5. The minimum absolute atomic E-state index is 0.163. The van der Waals surface area contributed by atoms with Crippen molar-refractivity contribution in [2.75, 3.05) is 6.61 Å². The first-order valence-corrected chi connectivity index (χ1v) is 10.6. The van der Waals surface area contributed by atoms with Crippen molar-refractivity contribution in [1.82, 2.24) is 4.98 Å². The van der Waals surface area contributed by atoms with Gasteiger partial charge in [-0.25, -0.2) is 0 Å². The number of hydrogen-bond acceptors (Lipinski definition) is 6. The van der Waals surface area contributed by atoms with Crippen LogP contribution in [0.4, 0.5) is 0 Å². The number of fused-ring (bicyclic) bond motifs is 1. The standard InChI is InChI=1S/C26H26N2O4/c1-3-30-25(29)15-19-7-4-5-10-24(19)32-16-18-13-20-11-12-31-26(20)21(14-18)23-9-6-8-22(28-23)17(2)27/h4-14,17H,3,15-16,27H2,1-2H3. The van der Waals surface area contributed by atoms with Crippen LogP contribution in [0.5, 0.6) is 5.75 Å². The van der Waals surface area contributed by atoms with Gasteiger partial charge in [0, 0.05) is 22.6 Å². The first kappa shape index (κ1) is 21.6. The Balaban J connectivity index is 1.62. The van der Waals surface area contributed by atoms with Crippen molar-refractivity contribution in [3.8, 4) is 17.0 Å². The molecule has 0 bridgehead atoms. The van der Waals surface area contributed by atoms with Crippen LogP contribution in [0.3, 0.4) is 0 Å². The molecule has 0 aliphatic rings. The summed E-state index contributed by atoms with van der Waals surface area (Å²) in [5, 5.41) is 0.967. The monoisotopic (exact) mass is 430 g/mol. The van der Waals surface area contributed by atoms with Crippen LogP contribution in [0.1, 0.15) is 36.7 Å². The van der Waals surface area contributed by atoms with Gasteiger partial charge in [0.15, 0.2) is 0 Å². The summed E-state index contributed by atoms with van der Waals surface area (Å²) in [6.07, 6.45) is 1.84. The van der Waals surface area contributed by atoms with Gasteiger partial charge in [-0.3, -0.25) is 9.78 Å². The Bertz CT molecular complexity index is 1230. The number of para-hydroxylation sites is 1. The van der Waals surface area contributed by atoms with Gasteiger partial charge >= 0.3 is 5.97 Å². The number of ether oxygens (including phenoxy) is 2. The van der Waals surface area contributed by atoms with Crippen LogP contribution < -0.4 is 10.5 Å². The van der Waals surface area contributed by atoms with E-state index in [9.17, 15) is 4.79 Å². The molecule has 0 spiro atoms. The summed E-state index contributed by atoms with van der Waals surface area (Å²) in [6.45, 7) is 4.39. The molecule has 164 valence electrons. The zero-order valence-electron chi connectivity index (χ0n) is 18.2. The van der Waals surface area contributed by atoms with E-state index < -0.39 is 0 Å². The molecule has 0 aliphatic carbocycles. The maximum atomic E-state index is 11.9. The number of rotatable bonds is 8. The number of hydrogen-bond donors (Lipinski definition) is 1. The molecule has 2 heterocycles. The number of esters is 1. The van der Waals surface area contributed by atoms with E-state index in [1.54, 1.807) is 13.2 Å². The van der Waals surface area contributed by atoms with E-state index in [1.807, 2.05) is 67.6 Å². The van der Waals surface area contributed by atoms with Gasteiger partial charge in [-0.15, -0.1) is 0 Å². The molecule has 2 aromatic heterocycles. The quantitative estimate of drug-likeness (QED) is 0.387. The summed E-state index contributed by atoms with van der Waals surface area (Å²) >= 11 is 0. The first-order valence-electron chi connectivity index (χ1n) is 10.6. The topological polar surface area (TPSA) is 87.6 Å². The molecule has 1 atom stereocenters. The Labute approximate surface area is 187 Å². The van der Waals surface area contributed by atoms with Gasteiger partial charge < -0.3 is 19.6 Å². The number of pyridine rings is 1. The summed E-state index contributed by atoms with van der Waals surface area (Å²) in [5.41, 5.74) is 11.0. The molecule has 0 saturated heterocycles. The van der Waals surface area contributed by atoms with Gasteiger partial charge in [0.25, 0.3) is 0 Å². The molecule has 0 aliphatic heterocycles. The number of nitrogens with two attached hydrogens (primary N) is 1. The fourth-order valence-electron chi connectivity index (χ4n) is 3.59. The fraction of sp³-hybridized carbons (Fsp3) is 0.231. The minimum atomic E-state index is -0.272. The molecule has 32 heavy (non-hydrogen) atoms. The molecule has 0 saturated carbocycles. The summed E-state index contributed by atoms with van der Waals surface area (Å²) in [5.74, 6) is 0.386. The average molecular weight is 431 g/mol. The van der Waals surface area contributed by atoms with Crippen LogP contribution in [0, 0.1) is 0 Å². The van der Waals surface area contributed by atoms with Crippen LogP contribution in [0.15, 0.2) is 71.3 Å². The normalized spacial score (nSPS) is 12.0. The number of carbonyl (C=O) groups is 1. The Hall–Kier alpha value is -3.64. The smallest absolute Gasteiger partial charge is 0.310 e. The molecule has 4 aromatic rings. The zero-order chi connectivity index (χ0) is 22.5. The largest absolute Gasteiger partial charge is 0.489 e. The predicted molar refractivity (Wildman–Crippen MR) is 123 cm³/mol. The second kappa shape index (κ2) is 9.66. The number of aromatic nitrogens is 1. The molecule has 0 amide bonds. The fourth-order valence-corrected chi connectivity index (χ4v) is 3.59. The number of carbonyl (C=O) groups excluding carboxylic acids is 1. The highest BCUT2D eigenvalue weighted by Gasteiger charge is 2.14. The van der Waals surface area contributed by atoms with E-state index >= 15 is 0 Å². The lowest BCUT2D eigenvalue weighted by atomic mass is 10.0. The van der Waals surface area contributed by atoms with E-state index in [0.29, 0.717) is 19.0 Å². The van der Waals surface area contributed by atoms with Crippen molar-refractivity contribution in [3.63, 3.8) is 0 Å². The summed E-state index contributed by atoms with van der Waals surface area (Å²) in [7, 11) is 0. The SMILES string of the molecule is CCOC(=O)Cc1ccccc1OCc1cc(-c2cccc(C(C)N)n2)c2occc2c1. The molecule has 4 rings (SSSR count). The van der Waals surface area contributed by atoms with Crippen molar-refractivity contribution < 1.29 is 18.7 Å². The minimum Gasteiger partial charge on any atom is -0.489 e. The zero-order valence-corrected chi connectivity index (χ0v) is 18.2. The average Bonchev–Trinajstić information content (AvgIpc) is 3.27. The Morgan fingerprint density at radius 3 is 2.78 bits per heavy atom.